The van der Waals surface area contributed by atoms with Gasteiger partial charge in [0.2, 0.25) is 0 Å². The van der Waals surface area contributed by atoms with Crippen LogP contribution in [0.2, 0.25) is 0 Å². The molecule has 0 aromatic heterocycles. The fourth-order valence-corrected chi connectivity index (χ4v) is 5.05. The van der Waals surface area contributed by atoms with Gasteiger partial charge in [0.25, 0.3) is 0 Å². The van der Waals surface area contributed by atoms with Gasteiger partial charge < -0.3 is 14.9 Å². The molecule has 0 heterocycles. The van der Waals surface area contributed by atoms with E-state index in [0.717, 1.165) is 47.8 Å². The monoisotopic (exact) mass is 507 g/mol. The van der Waals surface area contributed by atoms with Crippen molar-refractivity contribution in [2.75, 3.05) is 18.9 Å². The number of unbranched alkanes of at least 4 members (excludes halogenated alkanes) is 3. The summed E-state index contributed by atoms with van der Waals surface area (Å²) >= 11 is 1.54. The number of aryl methyl sites for hydroxylation is 1. The predicted molar refractivity (Wildman–Crippen MR) is 147 cm³/mol. The number of ether oxygens (including phenoxy) is 1. The Hall–Kier alpha value is -2.80. The predicted octanol–water partition coefficient (Wildman–Crippen LogP) is 6.50. The fraction of sp³-hybridized carbons (Fsp3) is 0.367. The van der Waals surface area contributed by atoms with Gasteiger partial charge in [-0.05, 0) is 48.2 Å². The molecule has 0 amide bonds. The molecule has 3 rings (SSSR count). The number of rotatable bonds is 16. The van der Waals surface area contributed by atoms with Crippen LogP contribution in [0, 0.1) is 0 Å². The van der Waals surface area contributed by atoms with Crippen LogP contribution < -0.4 is 4.74 Å². The highest BCUT2D eigenvalue weighted by Gasteiger charge is 2.17. The average Bonchev–Trinajstić information content (AvgIpc) is 2.90. The molecule has 0 saturated heterocycles. The van der Waals surface area contributed by atoms with Gasteiger partial charge in [0.05, 0.1) is 5.56 Å². The first-order valence-corrected chi connectivity index (χ1v) is 13.7. The Morgan fingerprint density at radius 3 is 2.47 bits per heavy atom. The van der Waals surface area contributed by atoms with Crippen molar-refractivity contribution in [1.82, 2.24) is 4.90 Å². The van der Waals surface area contributed by atoms with Gasteiger partial charge in [-0.2, -0.15) is 0 Å². The molecule has 36 heavy (non-hydrogen) atoms. The number of carboxylic acids is 1. The zero-order valence-electron chi connectivity index (χ0n) is 21.0. The third kappa shape index (κ3) is 9.34. The molecule has 3 aromatic rings. The fourth-order valence-electron chi connectivity index (χ4n) is 4.01. The first-order chi connectivity index (χ1) is 17.6. The maximum Gasteiger partial charge on any atom is 0.336 e. The van der Waals surface area contributed by atoms with Gasteiger partial charge in [-0.1, -0.05) is 80.8 Å². The van der Waals surface area contributed by atoms with Gasteiger partial charge in [0.1, 0.15) is 18.6 Å². The molecule has 3 aromatic carbocycles. The normalized spacial score (nSPS) is 12.0. The van der Waals surface area contributed by atoms with Crippen LogP contribution in [0.25, 0.3) is 0 Å². The molecule has 1 unspecified atom stereocenters. The molecule has 192 valence electrons. The summed E-state index contributed by atoms with van der Waals surface area (Å²) in [6.45, 7) is 3.91. The van der Waals surface area contributed by atoms with E-state index in [1.54, 1.807) is 23.9 Å². The zero-order chi connectivity index (χ0) is 25.6. The number of aliphatic hydroxyl groups excluding tert-OH is 1. The van der Waals surface area contributed by atoms with Gasteiger partial charge in [0.15, 0.2) is 0 Å². The molecule has 0 fully saturated rings. The standard InChI is InChI=1S/C30H37NO4S/c1-2-3-4-10-19-31(22-25-12-6-5-7-13-25)29(32)23-35-26-15-11-14-24(21-26)18-20-36-28-17-9-8-16-27(28)30(33)34/h5-9,11-17,21,29,32H,2-4,10,18-20,22-23H2,1H3,(H,33,34). The lowest BCUT2D eigenvalue weighted by Gasteiger charge is -2.28. The van der Waals surface area contributed by atoms with Gasteiger partial charge in [-0.25, -0.2) is 4.79 Å². The van der Waals surface area contributed by atoms with Gasteiger partial charge >= 0.3 is 5.97 Å². The van der Waals surface area contributed by atoms with E-state index in [-0.39, 0.29) is 6.61 Å². The van der Waals surface area contributed by atoms with Crippen LogP contribution in [0.4, 0.5) is 0 Å². The SMILES string of the molecule is CCCCCCN(Cc1ccccc1)C(O)COc1cccc(CCSc2ccccc2C(=O)O)c1. The van der Waals surface area contributed by atoms with Crippen molar-refractivity contribution in [2.45, 2.75) is 56.7 Å². The number of carboxylic acid groups (broad SMARTS) is 1. The summed E-state index contributed by atoms with van der Waals surface area (Å²) in [5.41, 5.74) is 2.63. The lowest BCUT2D eigenvalue weighted by atomic mass is 10.1. The van der Waals surface area contributed by atoms with E-state index in [0.29, 0.717) is 12.1 Å². The van der Waals surface area contributed by atoms with Crippen LogP contribution in [-0.4, -0.2) is 46.2 Å². The Morgan fingerprint density at radius 1 is 0.944 bits per heavy atom. The summed E-state index contributed by atoms with van der Waals surface area (Å²) in [5, 5.41) is 20.3. The molecule has 1 atom stereocenters. The van der Waals surface area contributed by atoms with Gasteiger partial charge in [0, 0.05) is 23.7 Å². The Kier molecular flexibility index (Phi) is 11.8. The lowest BCUT2D eigenvalue weighted by molar-refractivity contribution is -0.0336. The third-order valence-corrected chi connectivity index (χ3v) is 7.09. The number of nitrogens with zero attached hydrogens (tertiary/aromatic N) is 1. The van der Waals surface area contributed by atoms with Gasteiger partial charge in [-0.15, -0.1) is 11.8 Å². The summed E-state index contributed by atoms with van der Waals surface area (Å²) in [7, 11) is 0. The third-order valence-electron chi connectivity index (χ3n) is 6.01. The van der Waals surface area contributed by atoms with Gasteiger partial charge in [-0.3, -0.25) is 4.90 Å². The van der Waals surface area contributed by atoms with E-state index in [1.165, 1.54) is 18.4 Å². The van der Waals surface area contributed by atoms with Crippen LogP contribution in [0.15, 0.2) is 83.8 Å². The van der Waals surface area contributed by atoms with Crippen LogP contribution in [0.3, 0.4) is 0 Å². The van der Waals surface area contributed by atoms with E-state index in [2.05, 4.69) is 24.0 Å². The molecule has 2 N–H and O–H groups in total. The molecule has 0 radical (unpaired) electrons. The molecule has 0 aliphatic carbocycles. The molecule has 0 saturated carbocycles. The smallest absolute Gasteiger partial charge is 0.336 e. The molecule has 0 aliphatic heterocycles. The van der Waals surface area contributed by atoms with E-state index >= 15 is 0 Å². The number of hydrogen-bond donors (Lipinski definition) is 2. The van der Waals surface area contributed by atoms with Crippen molar-refractivity contribution in [3.05, 3.63) is 95.6 Å². The molecule has 0 bridgehead atoms. The summed E-state index contributed by atoms with van der Waals surface area (Å²) in [6, 6.07) is 25.2. The number of aliphatic hydroxyl groups is 1. The summed E-state index contributed by atoms with van der Waals surface area (Å²) < 4.78 is 5.99. The van der Waals surface area contributed by atoms with Crippen molar-refractivity contribution >= 4 is 17.7 Å². The van der Waals surface area contributed by atoms with E-state index < -0.39 is 12.2 Å². The second-order valence-electron chi connectivity index (χ2n) is 8.86. The lowest BCUT2D eigenvalue weighted by Crippen LogP contribution is -2.39. The topological polar surface area (TPSA) is 70.0 Å². The Morgan fingerprint density at radius 2 is 1.69 bits per heavy atom. The minimum absolute atomic E-state index is 0.199. The Bertz CT molecular complexity index is 1060. The number of carbonyl (C=O) groups is 1. The summed E-state index contributed by atoms with van der Waals surface area (Å²) in [4.78, 5) is 14.3. The van der Waals surface area contributed by atoms with Crippen molar-refractivity contribution in [3.8, 4) is 5.75 Å². The van der Waals surface area contributed by atoms with Crippen molar-refractivity contribution in [3.63, 3.8) is 0 Å². The van der Waals surface area contributed by atoms with Crippen molar-refractivity contribution in [1.29, 1.82) is 0 Å². The number of thioether (sulfide) groups is 1. The molecule has 5 nitrogen and oxygen atoms in total. The summed E-state index contributed by atoms with van der Waals surface area (Å²) in [6.07, 6.45) is 4.70. The highest BCUT2D eigenvalue weighted by molar-refractivity contribution is 7.99. The maximum absolute atomic E-state index is 11.4. The zero-order valence-corrected chi connectivity index (χ0v) is 21.8. The molecule has 0 aliphatic rings. The Labute approximate surface area is 219 Å². The second-order valence-corrected chi connectivity index (χ2v) is 9.99. The minimum Gasteiger partial charge on any atom is -0.489 e. The minimum atomic E-state index is -0.904. The second kappa shape index (κ2) is 15.3. The Balaban J connectivity index is 1.53. The van der Waals surface area contributed by atoms with E-state index in [9.17, 15) is 15.0 Å². The highest BCUT2D eigenvalue weighted by atomic mass is 32.2. The summed E-state index contributed by atoms with van der Waals surface area (Å²) in [5.74, 6) is 0.589. The molecular weight excluding hydrogens is 470 g/mol. The quantitative estimate of drug-likeness (QED) is 0.131. The molecular formula is C30H37NO4S. The van der Waals surface area contributed by atoms with Crippen LogP contribution in [0.1, 0.15) is 54.1 Å². The van der Waals surface area contributed by atoms with E-state index in [1.807, 2.05) is 54.6 Å². The maximum atomic E-state index is 11.4. The largest absolute Gasteiger partial charge is 0.489 e. The van der Waals surface area contributed by atoms with Crippen LogP contribution in [-0.2, 0) is 13.0 Å². The number of hydrogen-bond acceptors (Lipinski definition) is 5. The van der Waals surface area contributed by atoms with E-state index in [4.69, 9.17) is 4.74 Å². The number of aromatic carboxylic acids is 1. The van der Waals surface area contributed by atoms with Crippen LogP contribution in [0.5, 0.6) is 5.75 Å². The molecule has 0 spiro atoms. The van der Waals surface area contributed by atoms with Crippen LogP contribution >= 0.6 is 11.8 Å². The molecule has 6 heteroatoms. The van der Waals surface area contributed by atoms with Crippen molar-refractivity contribution < 1.29 is 19.7 Å². The highest BCUT2D eigenvalue weighted by Crippen LogP contribution is 2.24. The first-order valence-electron chi connectivity index (χ1n) is 12.7. The number of benzene rings is 3. The average molecular weight is 508 g/mol. The van der Waals surface area contributed by atoms with Crippen molar-refractivity contribution in [2.24, 2.45) is 0 Å². The first kappa shape index (κ1) is 27.8.